The molecule has 0 spiro atoms. The van der Waals surface area contributed by atoms with E-state index in [4.69, 9.17) is 23.0 Å². The molecule has 11 heteroatoms. The molecule has 1 aromatic heterocycles. The highest BCUT2D eigenvalue weighted by atomic mass is 31.2. The predicted molar refractivity (Wildman–Crippen MR) is 137 cm³/mol. The van der Waals surface area contributed by atoms with Crippen molar-refractivity contribution in [2.75, 3.05) is 34.2 Å². The third kappa shape index (κ3) is 9.10. The molecule has 0 N–H and O–H groups in total. The second-order valence-electron chi connectivity index (χ2n) is 8.44. The number of hydrogen-bond donors (Lipinski definition) is 0. The number of carbonyl (C=O) groups excluding carboxylic acids is 2. The van der Waals surface area contributed by atoms with Gasteiger partial charge in [-0.05, 0) is 37.7 Å². The van der Waals surface area contributed by atoms with E-state index in [1.54, 1.807) is 23.6 Å². The number of rotatable bonds is 15. The summed E-state index contributed by atoms with van der Waals surface area (Å²) in [4.78, 5) is 25.7. The number of phosphoric ester groups is 1. The molecule has 1 atom stereocenters. The summed E-state index contributed by atoms with van der Waals surface area (Å²) in [7, 11) is -0.263. The Hall–Kier alpha value is -3.01. The van der Waals surface area contributed by atoms with Crippen LogP contribution in [0.15, 0.2) is 60.8 Å². The van der Waals surface area contributed by atoms with Crippen LogP contribution in [0.4, 0.5) is 0 Å². The van der Waals surface area contributed by atoms with Crippen LogP contribution in [0.5, 0.6) is 0 Å². The van der Waals surface area contributed by atoms with E-state index in [0.717, 1.165) is 35.0 Å². The number of hydrogen-bond acceptors (Lipinski definition) is 9. The van der Waals surface area contributed by atoms with E-state index < -0.39 is 33.3 Å². The normalized spacial score (nSPS) is 13.0. The van der Waals surface area contributed by atoms with Crippen molar-refractivity contribution in [2.45, 2.75) is 32.9 Å². The summed E-state index contributed by atoms with van der Waals surface area (Å²) < 4.78 is 41.0. The van der Waals surface area contributed by atoms with Crippen LogP contribution < -0.4 is 0 Å². The fraction of sp³-hybridized carbons (Fsp3) is 0.385. The minimum absolute atomic E-state index is 0.0232. The van der Waals surface area contributed by atoms with Crippen molar-refractivity contribution in [3.05, 3.63) is 71.9 Å². The number of esters is 2. The van der Waals surface area contributed by atoms with Gasteiger partial charge in [-0.25, -0.2) is 13.6 Å². The molecular formula is C26H33N2O8P. The van der Waals surface area contributed by atoms with Gasteiger partial charge in [0.1, 0.15) is 6.73 Å². The fourth-order valence-electron chi connectivity index (χ4n) is 3.45. The van der Waals surface area contributed by atoms with Crippen molar-refractivity contribution in [2.24, 2.45) is 0 Å². The molecule has 0 saturated heterocycles. The standard InChI is InChI=1S/C26H33N2O8P/c1-4-25(29)32-19-35-37(31,36-20-33-26(30)16-21-10-6-5-7-11-21)34-18-28-17-22(14-15-27(2)3)23-12-8-9-13-24(23)28/h5-13,17H,4,14-16,18-20H2,1-3H3. The first-order chi connectivity index (χ1) is 17.8. The van der Waals surface area contributed by atoms with Gasteiger partial charge in [-0.1, -0.05) is 55.5 Å². The molecule has 3 rings (SSSR count). The largest absolute Gasteiger partial charge is 0.482 e. The van der Waals surface area contributed by atoms with Crippen molar-refractivity contribution < 1.29 is 37.2 Å². The second kappa shape index (κ2) is 14.1. The predicted octanol–water partition coefficient (Wildman–Crippen LogP) is 4.51. The third-order valence-electron chi connectivity index (χ3n) is 5.40. The summed E-state index contributed by atoms with van der Waals surface area (Å²) in [6, 6.07) is 16.8. The average molecular weight is 533 g/mol. The Kier molecular flexibility index (Phi) is 10.9. The number of fused-ring (bicyclic) bond motifs is 1. The zero-order valence-corrected chi connectivity index (χ0v) is 22.2. The summed E-state index contributed by atoms with van der Waals surface area (Å²) in [5.74, 6) is -1.11. The average Bonchev–Trinajstić information content (AvgIpc) is 3.24. The van der Waals surface area contributed by atoms with Gasteiger partial charge in [0.05, 0.1) is 11.9 Å². The molecule has 10 nitrogen and oxygen atoms in total. The van der Waals surface area contributed by atoms with Gasteiger partial charge in [-0.15, -0.1) is 0 Å². The summed E-state index contributed by atoms with van der Waals surface area (Å²) in [6.07, 6.45) is 2.89. The van der Waals surface area contributed by atoms with E-state index in [9.17, 15) is 14.2 Å². The minimum Gasteiger partial charge on any atom is -0.438 e. The number of para-hydroxylation sites is 1. The molecule has 0 aliphatic heterocycles. The zero-order valence-electron chi connectivity index (χ0n) is 21.3. The molecule has 3 aromatic rings. The lowest BCUT2D eigenvalue weighted by atomic mass is 10.1. The van der Waals surface area contributed by atoms with Crippen molar-refractivity contribution in [3.63, 3.8) is 0 Å². The molecule has 0 bridgehead atoms. The molecular weight excluding hydrogens is 499 g/mol. The number of aromatic nitrogens is 1. The Morgan fingerprint density at radius 3 is 2.22 bits per heavy atom. The van der Waals surface area contributed by atoms with Gasteiger partial charge < -0.3 is 18.9 Å². The lowest BCUT2D eigenvalue weighted by Crippen LogP contribution is -2.15. The Bertz CT molecular complexity index is 1210. The first kappa shape index (κ1) is 28.6. The van der Waals surface area contributed by atoms with E-state index in [2.05, 4.69) is 4.90 Å². The number of nitrogens with zero attached hydrogens (tertiary/aromatic N) is 2. The summed E-state index contributed by atoms with van der Waals surface area (Å²) in [5, 5.41) is 1.05. The molecule has 0 aliphatic carbocycles. The van der Waals surface area contributed by atoms with Gasteiger partial charge in [0.2, 0.25) is 13.6 Å². The molecule has 200 valence electrons. The molecule has 1 heterocycles. The molecule has 0 amide bonds. The Labute approximate surface area is 216 Å². The number of benzene rings is 2. The van der Waals surface area contributed by atoms with Crippen molar-refractivity contribution in [1.29, 1.82) is 0 Å². The topological polar surface area (TPSA) is 106 Å². The van der Waals surface area contributed by atoms with Gasteiger partial charge in [0.15, 0.2) is 0 Å². The lowest BCUT2D eigenvalue weighted by Gasteiger charge is -2.18. The van der Waals surface area contributed by atoms with E-state index in [-0.39, 0.29) is 19.6 Å². The highest BCUT2D eigenvalue weighted by molar-refractivity contribution is 7.48. The van der Waals surface area contributed by atoms with Crippen LogP contribution in [0, 0.1) is 0 Å². The molecule has 0 fully saturated rings. The molecule has 0 aliphatic rings. The highest BCUT2D eigenvalue weighted by Gasteiger charge is 2.29. The molecule has 0 saturated carbocycles. The maximum atomic E-state index is 13.3. The first-order valence-corrected chi connectivity index (χ1v) is 13.4. The van der Waals surface area contributed by atoms with Gasteiger partial charge in [-0.2, -0.15) is 0 Å². The molecule has 2 aromatic carbocycles. The first-order valence-electron chi connectivity index (χ1n) is 11.9. The van der Waals surface area contributed by atoms with Gasteiger partial charge in [-0.3, -0.25) is 14.1 Å². The number of phosphoric acid groups is 1. The molecule has 1 unspecified atom stereocenters. The maximum Gasteiger partial charge on any atom is 0.482 e. The van der Waals surface area contributed by atoms with Crippen molar-refractivity contribution >= 4 is 30.7 Å². The van der Waals surface area contributed by atoms with Crippen LogP contribution in [-0.2, 0) is 56.8 Å². The van der Waals surface area contributed by atoms with Crippen LogP contribution >= 0.6 is 7.82 Å². The lowest BCUT2D eigenvalue weighted by molar-refractivity contribution is -0.153. The molecule has 37 heavy (non-hydrogen) atoms. The van der Waals surface area contributed by atoms with Crippen LogP contribution in [0.2, 0.25) is 0 Å². The van der Waals surface area contributed by atoms with Crippen LogP contribution in [0.1, 0.15) is 24.5 Å². The van der Waals surface area contributed by atoms with E-state index in [1.165, 1.54) is 0 Å². The van der Waals surface area contributed by atoms with Gasteiger partial charge in [0, 0.05) is 24.5 Å². The number of ether oxygens (including phenoxy) is 2. The van der Waals surface area contributed by atoms with E-state index in [1.807, 2.05) is 62.8 Å². The second-order valence-corrected chi connectivity index (χ2v) is 10.1. The van der Waals surface area contributed by atoms with Crippen molar-refractivity contribution in [3.8, 4) is 0 Å². The Morgan fingerprint density at radius 2 is 1.54 bits per heavy atom. The van der Waals surface area contributed by atoms with E-state index >= 15 is 0 Å². The smallest absolute Gasteiger partial charge is 0.438 e. The van der Waals surface area contributed by atoms with Gasteiger partial charge >= 0.3 is 19.8 Å². The summed E-state index contributed by atoms with van der Waals surface area (Å²) >= 11 is 0. The van der Waals surface area contributed by atoms with Crippen LogP contribution in [0.3, 0.4) is 0 Å². The number of carbonyl (C=O) groups is 2. The third-order valence-corrected chi connectivity index (χ3v) is 6.67. The number of likely N-dealkylation sites (N-methyl/N-ethyl adjacent to an activating group) is 1. The maximum absolute atomic E-state index is 13.3. The van der Waals surface area contributed by atoms with Crippen LogP contribution in [0.25, 0.3) is 10.9 Å². The van der Waals surface area contributed by atoms with E-state index in [0.29, 0.717) is 0 Å². The fourth-order valence-corrected chi connectivity index (χ4v) is 4.30. The Morgan fingerprint density at radius 1 is 0.892 bits per heavy atom. The minimum atomic E-state index is -4.27. The van der Waals surface area contributed by atoms with Crippen molar-refractivity contribution in [1.82, 2.24) is 9.47 Å². The monoisotopic (exact) mass is 532 g/mol. The summed E-state index contributed by atoms with van der Waals surface area (Å²) in [5.41, 5.74) is 2.75. The van der Waals surface area contributed by atoms with Gasteiger partial charge in [0.25, 0.3) is 0 Å². The Balaban J connectivity index is 1.66. The summed E-state index contributed by atoms with van der Waals surface area (Å²) in [6.45, 7) is 1.01. The molecule has 0 radical (unpaired) electrons. The van der Waals surface area contributed by atoms with Crippen LogP contribution in [-0.4, -0.2) is 55.6 Å². The zero-order chi connectivity index (χ0) is 26.7. The SMILES string of the molecule is CCC(=O)OCOP(=O)(OCOC(=O)Cc1ccccc1)OCn1cc(CCN(C)C)c2ccccc21. The highest BCUT2D eigenvalue weighted by Crippen LogP contribution is 2.50. The quantitative estimate of drug-likeness (QED) is 0.159.